The minimum Gasteiger partial charge on any atom is -0.362 e. The smallest absolute Gasteiger partial charge is 0.220 e. The maximum Gasteiger partial charge on any atom is 0.220 e. The average molecular weight is 621 g/mol. The van der Waals surface area contributed by atoms with Crippen molar-refractivity contribution in [2.45, 2.75) is 26.7 Å². The van der Waals surface area contributed by atoms with Crippen LogP contribution in [-0.4, -0.2) is 53.9 Å². The molecule has 3 aromatic rings. The van der Waals surface area contributed by atoms with Gasteiger partial charge in [-0.15, -0.1) is 0 Å². The van der Waals surface area contributed by atoms with Crippen LogP contribution in [0.3, 0.4) is 0 Å². The fourth-order valence-electron chi connectivity index (χ4n) is 4.41. The second-order valence-corrected chi connectivity index (χ2v) is 13.6. The molecule has 3 rings (SSSR count). The summed E-state index contributed by atoms with van der Waals surface area (Å²) >= 11 is 10.4. The van der Waals surface area contributed by atoms with Gasteiger partial charge in [0.1, 0.15) is 23.2 Å². The first-order valence-corrected chi connectivity index (χ1v) is 16.8. The SMILES string of the molecule is CCNC(=S)N/N=C(\C=N\NC(=S)NCC)CCC(=O)NCC[P+](c1ccccc1)(c1ccccc1)c1ccccc1. The number of hydrogen-bond donors (Lipinski definition) is 5. The summed E-state index contributed by atoms with van der Waals surface area (Å²) in [6, 6.07) is 31.9. The predicted molar refractivity (Wildman–Crippen MR) is 187 cm³/mol. The van der Waals surface area contributed by atoms with E-state index < -0.39 is 7.26 Å². The van der Waals surface area contributed by atoms with Gasteiger partial charge in [0.05, 0.1) is 24.6 Å². The van der Waals surface area contributed by atoms with Crippen molar-refractivity contribution in [3.63, 3.8) is 0 Å². The molecule has 0 aromatic heterocycles. The molecule has 0 fully saturated rings. The summed E-state index contributed by atoms with van der Waals surface area (Å²) in [7, 11) is -2.02. The van der Waals surface area contributed by atoms with Crippen LogP contribution in [0.4, 0.5) is 0 Å². The highest BCUT2D eigenvalue weighted by Gasteiger charge is 2.44. The van der Waals surface area contributed by atoms with Gasteiger partial charge in [0, 0.05) is 25.9 Å². The van der Waals surface area contributed by atoms with Crippen molar-refractivity contribution in [3.8, 4) is 0 Å². The van der Waals surface area contributed by atoms with Gasteiger partial charge < -0.3 is 16.0 Å². The highest BCUT2D eigenvalue weighted by atomic mass is 32.1. The van der Waals surface area contributed by atoms with Crippen molar-refractivity contribution in [2.24, 2.45) is 10.2 Å². The standard InChI is InChI=1S/C31H38N7OPS2/c1-3-32-30(41)37-35-24-25(36-38-31(42)33-4-2)20-21-29(39)34-22-23-40(26-14-8-5-9-15-26,27-16-10-6-11-17-27)28-18-12-7-13-19-28/h5-19,24H,3-4,20-23H2,1-2H3,(H4-,32,33,34,35,36,37,38,39,41,42)/p+1. The first kappa shape index (κ1) is 32.8. The van der Waals surface area contributed by atoms with Gasteiger partial charge in [-0.1, -0.05) is 54.6 Å². The fourth-order valence-corrected chi connectivity index (χ4v) is 8.96. The van der Waals surface area contributed by atoms with E-state index in [4.69, 9.17) is 24.4 Å². The Morgan fingerprint density at radius 2 is 1.19 bits per heavy atom. The van der Waals surface area contributed by atoms with E-state index in [0.29, 0.717) is 42.0 Å². The number of amides is 1. The average Bonchev–Trinajstić information content (AvgIpc) is 3.02. The van der Waals surface area contributed by atoms with E-state index in [-0.39, 0.29) is 12.3 Å². The summed E-state index contributed by atoms with van der Waals surface area (Å²) in [5.74, 6) is -0.0613. The Kier molecular flexibility index (Phi) is 14.0. The zero-order valence-corrected chi connectivity index (χ0v) is 26.6. The molecule has 0 bridgehead atoms. The number of thiocarbonyl (C=S) groups is 2. The van der Waals surface area contributed by atoms with Gasteiger partial charge in [-0.3, -0.25) is 15.6 Å². The molecule has 3 aromatic carbocycles. The molecule has 0 saturated heterocycles. The molecular weight excluding hydrogens is 581 g/mol. The molecule has 0 aliphatic rings. The van der Waals surface area contributed by atoms with Crippen LogP contribution in [0.1, 0.15) is 26.7 Å². The number of rotatable bonds is 14. The number of hydrazone groups is 2. The Morgan fingerprint density at radius 3 is 1.67 bits per heavy atom. The molecule has 1 amide bonds. The fraction of sp³-hybridized carbons (Fsp3) is 0.258. The maximum absolute atomic E-state index is 13.0. The van der Waals surface area contributed by atoms with Gasteiger partial charge in [-0.25, -0.2) is 0 Å². The minimum atomic E-state index is -2.02. The molecule has 0 atom stereocenters. The van der Waals surface area contributed by atoms with Crippen LogP contribution in [-0.2, 0) is 4.79 Å². The number of carbonyl (C=O) groups excluding carboxylic acids is 1. The second-order valence-electron chi connectivity index (χ2n) is 9.19. The topological polar surface area (TPSA) is 102 Å². The molecule has 8 nitrogen and oxygen atoms in total. The maximum atomic E-state index is 13.0. The van der Waals surface area contributed by atoms with Gasteiger partial charge in [0.2, 0.25) is 5.91 Å². The third kappa shape index (κ3) is 9.98. The third-order valence-electron chi connectivity index (χ3n) is 6.32. The number of nitrogens with zero attached hydrogens (tertiary/aromatic N) is 2. The summed E-state index contributed by atoms with van der Waals surface area (Å²) in [5.41, 5.74) is 6.10. The van der Waals surface area contributed by atoms with Crippen LogP contribution in [0.2, 0.25) is 0 Å². The Balaban J connectivity index is 1.73. The molecule has 0 aliphatic heterocycles. The predicted octanol–water partition coefficient (Wildman–Crippen LogP) is 3.19. The molecule has 5 N–H and O–H groups in total. The molecule has 11 heteroatoms. The van der Waals surface area contributed by atoms with Gasteiger partial charge in [0.25, 0.3) is 0 Å². The summed E-state index contributed by atoms with van der Waals surface area (Å²) in [6.45, 7) is 5.78. The summed E-state index contributed by atoms with van der Waals surface area (Å²) in [4.78, 5) is 13.0. The minimum absolute atomic E-state index is 0.0613. The zero-order chi connectivity index (χ0) is 30.0. The van der Waals surface area contributed by atoms with Gasteiger partial charge in [0.15, 0.2) is 10.2 Å². The first-order chi connectivity index (χ1) is 20.5. The van der Waals surface area contributed by atoms with Crippen molar-refractivity contribution in [2.75, 3.05) is 25.8 Å². The Hall–Kier alpha value is -3.72. The van der Waals surface area contributed by atoms with Gasteiger partial charge >= 0.3 is 0 Å². The van der Waals surface area contributed by atoms with Crippen LogP contribution >= 0.6 is 31.7 Å². The lowest BCUT2D eigenvalue weighted by molar-refractivity contribution is -0.120. The number of benzene rings is 3. The van der Waals surface area contributed by atoms with Crippen molar-refractivity contribution in [1.82, 2.24) is 26.8 Å². The lowest BCUT2D eigenvalue weighted by atomic mass is 10.2. The molecule has 0 saturated carbocycles. The van der Waals surface area contributed by atoms with Crippen molar-refractivity contribution in [3.05, 3.63) is 91.0 Å². The lowest BCUT2D eigenvalue weighted by Gasteiger charge is -2.27. The third-order valence-corrected chi connectivity index (χ3v) is 11.2. The number of carbonyl (C=O) groups is 1. The molecule has 0 heterocycles. The van der Waals surface area contributed by atoms with E-state index in [1.54, 1.807) is 0 Å². The van der Waals surface area contributed by atoms with Crippen LogP contribution in [0.15, 0.2) is 101 Å². The zero-order valence-electron chi connectivity index (χ0n) is 24.0. The van der Waals surface area contributed by atoms with E-state index in [0.717, 1.165) is 6.16 Å². The highest BCUT2D eigenvalue weighted by Crippen LogP contribution is 2.54. The summed E-state index contributed by atoms with van der Waals surface area (Å²) in [5, 5.41) is 22.2. The van der Waals surface area contributed by atoms with Gasteiger partial charge in [-0.2, -0.15) is 10.2 Å². The molecule has 42 heavy (non-hydrogen) atoms. The van der Waals surface area contributed by atoms with Gasteiger partial charge in [-0.05, 0) is 74.7 Å². The van der Waals surface area contributed by atoms with Crippen LogP contribution in [0.25, 0.3) is 0 Å². The van der Waals surface area contributed by atoms with E-state index in [9.17, 15) is 4.79 Å². The lowest BCUT2D eigenvalue weighted by Crippen LogP contribution is -2.38. The Bertz CT molecular complexity index is 1240. The normalized spacial score (nSPS) is 11.5. The van der Waals surface area contributed by atoms with Crippen molar-refractivity contribution < 1.29 is 4.79 Å². The van der Waals surface area contributed by atoms with E-state index in [2.05, 4.69) is 110 Å². The molecule has 0 aliphatic carbocycles. The van der Waals surface area contributed by atoms with E-state index in [1.165, 1.54) is 22.1 Å². The molecular formula is C31H39N7OPS2+. The summed E-state index contributed by atoms with van der Waals surface area (Å²) < 4.78 is 0. The molecule has 0 unspecified atom stereocenters. The van der Waals surface area contributed by atoms with Crippen molar-refractivity contribution in [1.29, 1.82) is 0 Å². The summed E-state index contributed by atoms with van der Waals surface area (Å²) in [6.07, 6.45) is 2.94. The second kappa shape index (κ2) is 18.0. The van der Waals surface area contributed by atoms with Crippen LogP contribution < -0.4 is 42.7 Å². The monoisotopic (exact) mass is 620 g/mol. The van der Waals surface area contributed by atoms with E-state index >= 15 is 0 Å². The molecule has 220 valence electrons. The quantitative estimate of drug-likeness (QED) is 0.0817. The van der Waals surface area contributed by atoms with Crippen LogP contribution in [0.5, 0.6) is 0 Å². The Labute approximate surface area is 260 Å². The number of hydrogen-bond acceptors (Lipinski definition) is 5. The van der Waals surface area contributed by atoms with E-state index in [1.807, 2.05) is 32.0 Å². The highest BCUT2D eigenvalue weighted by molar-refractivity contribution is 7.95. The van der Waals surface area contributed by atoms with Crippen LogP contribution in [0, 0.1) is 0 Å². The largest absolute Gasteiger partial charge is 0.362 e. The Morgan fingerprint density at radius 1 is 0.714 bits per heavy atom. The first-order valence-electron chi connectivity index (χ1n) is 14.0. The molecule has 0 radical (unpaired) electrons. The molecule has 0 spiro atoms. The van der Waals surface area contributed by atoms with Crippen molar-refractivity contribution >= 4 is 75.7 Å². The number of nitrogens with one attached hydrogen (secondary N) is 5.